The molecule has 0 saturated heterocycles. The first-order valence-electron chi connectivity index (χ1n) is 5.43. The topological polar surface area (TPSA) is 92.4 Å². The molecule has 0 aromatic heterocycles. The van der Waals surface area contributed by atoms with E-state index in [0.29, 0.717) is 24.9 Å². The van der Waals surface area contributed by atoms with Gasteiger partial charge in [0.15, 0.2) is 0 Å². The molecule has 0 spiro atoms. The lowest BCUT2D eigenvalue weighted by Gasteiger charge is -2.07. The van der Waals surface area contributed by atoms with E-state index < -0.39 is 12.0 Å². The van der Waals surface area contributed by atoms with E-state index in [1.807, 2.05) is 6.07 Å². The minimum Gasteiger partial charge on any atom is -0.480 e. The van der Waals surface area contributed by atoms with Crippen LogP contribution in [-0.4, -0.2) is 29.6 Å². The van der Waals surface area contributed by atoms with E-state index >= 15 is 0 Å². The maximum atomic E-state index is 11.6. The molecule has 0 aliphatic rings. The summed E-state index contributed by atoms with van der Waals surface area (Å²) in [5, 5.41) is 11.3. The van der Waals surface area contributed by atoms with Gasteiger partial charge in [0.1, 0.15) is 6.04 Å². The predicted octanol–water partition coefficient (Wildman–Crippen LogP) is 0.608. The molecular formula is C12H16N2O3. The van der Waals surface area contributed by atoms with Crippen molar-refractivity contribution in [3.8, 4) is 0 Å². The summed E-state index contributed by atoms with van der Waals surface area (Å²) in [4.78, 5) is 22.0. The maximum absolute atomic E-state index is 11.6. The third-order valence-electron chi connectivity index (χ3n) is 2.33. The van der Waals surface area contributed by atoms with Gasteiger partial charge in [0.2, 0.25) is 0 Å². The molecule has 17 heavy (non-hydrogen) atoms. The SMILES string of the molecule is NC(CCCNC(=O)c1ccccc1)C(=O)O. The molecule has 0 aliphatic heterocycles. The smallest absolute Gasteiger partial charge is 0.320 e. The standard InChI is InChI=1S/C12H16N2O3/c13-10(12(16)17)7-4-8-14-11(15)9-5-2-1-3-6-9/h1-3,5-6,10H,4,7-8,13H2,(H,14,15)(H,16,17). The van der Waals surface area contributed by atoms with E-state index in [1.54, 1.807) is 24.3 Å². The number of benzene rings is 1. The number of amides is 1. The van der Waals surface area contributed by atoms with Crippen molar-refractivity contribution in [2.45, 2.75) is 18.9 Å². The van der Waals surface area contributed by atoms with E-state index in [4.69, 9.17) is 10.8 Å². The van der Waals surface area contributed by atoms with Gasteiger partial charge in [-0.05, 0) is 25.0 Å². The lowest BCUT2D eigenvalue weighted by molar-refractivity contribution is -0.138. The van der Waals surface area contributed by atoms with E-state index in [9.17, 15) is 9.59 Å². The first kappa shape index (κ1) is 13.2. The highest BCUT2D eigenvalue weighted by Crippen LogP contribution is 1.98. The molecule has 1 unspecified atom stereocenters. The molecule has 1 aromatic carbocycles. The van der Waals surface area contributed by atoms with Crippen LogP contribution in [0.1, 0.15) is 23.2 Å². The summed E-state index contributed by atoms with van der Waals surface area (Å²) >= 11 is 0. The fourth-order valence-corrected chi connectivity index (χ4v) is 1.34. The average molecular weight is 236 g/mol. The van der Waals surface area contributed by atoms with Gasteiger partial charge in [0, 0.05) is 12.1 Å². The molecule has 1 rings (SSSR count). The fraction of sp³-hybridized carbons (Fsp3) is 0.333. The van der Waals surface area contributed by atoms with Crippen LogP contribution in [0.15, 0.2) is 30.3 Å². The van der Waals surface area contributed by atoms with Gasteiger partial charge in [0.05, 0.1) is 0 Å². The van der Waals surface area contributed by atoms with Gasteiger partial charge in [0.25, 0.3) is 5.91 Å². The molecule has 5 heteroatoms. The number of nitrogens with one attached hydrogen (secondary N) is 1. The first-order chi connectivity index (χ1) is 8.11. The summed E-state index contributed by atoms with van der Waals surface area (Å²) < 4.78 is 0. The average Bonchev–Trinajstić information content (AvgIpc) is 2.35. The number of carbonyl (C=O) groups excluding carboxylic acids is 1. The van der Waals surface area contributed by atoms with Gasteiger partial charge in [-0.3, -0.25) is 9.59 Å². The number of carbonyl (C=O) groups is 2. The molecule has 0 saturated carbocycles. The highest BCUT2D eigenvalue weighted by atomic mass is 16.4. The molecular weight excluding hydrogens is 220 g/mol. The van der Waals surface area contributed by atoms with Crippen LogP contribution in [0.5, 0.6) is 0 Å². The zero-order valence-corrected chi connectivity index (χ0v) is 9.43. The Morgan fingerprint density at radius 2 is 1.94 bits per heavy atom. The highest BCUT2D eigenvalue weighted by Gasteiger charge is 2.10. The highest BCUT2D eigenvalue weighted by molar-refractivity contribution is 5.94. The van der Waals surface area contributed by atoms with Crippen LogP contribution < -0.4 is 11.1 Å². The number of rotatable bonds is 6. The molecule has 4 N–H and O–H groups in total. The third-order valence-corrected chi connectivity index (χ3v) is 2.33. The van der Waals surface area contributed by atoms with Crippen LogP contribution in [0.3, 0.4) is 0 Å². The Hall–Kier alpha value is -1.88. The number of hydrogen-bond acceptors (Lipinski definition) is 3. The first-order valence-corrected chi connectivity index (χ1v) is 5.43. The van der Waals surface area contributed by atoms with Gasteiger partial charge in [-0.2, -0.15) is 0 Å². The zero-order valence-electron chi connectivity index (χ0n) is 9.43. The second-order valence-electron chi connectivity index (χ2n) is 3.71. The zero-order chi connectivity index (χ0) is 12.7. The third kappa shape index (κ3) is 4.65. The molecule has 0 aliphatic carbocycles. The summed E-state index contributed by atoms with van der Waals surface area (Å²) in [6.07, 6.45) is 0.899. The molecule has 92 valence electrons. The fourth-order valence-electron chi connectivity index (χ4n) is 1.34. The minimum atomic E-state index is -1.01. The van der Waals surface area contributed by atoms with Crippen molar-refractivity contribution in [2.24, 2.45) is 5.73 Å². The number of hydrogen-bond donors (Lipinski definition) is 3. The summed E-state index contributed by atoms with van der Waals surface area (Å²) in [7, 11) is 0. The van der Waals surface area contributed by atoms with E-state index in [2.05, 4.69) is 5.32 Å². The second kappa shape index (κ2) is 6.65. The van der Waals surface area contributed by atoms with Crippen molar-refractivity contribution in [3.63, 3.8) is 0 Å². The largest absolute Gasteiger partial charge is 0.480 e. The molecule has 1 aromatic rings. The summed E-state index contributed by atoms with van der Waals surface area (Å²) in [5.74, 6) is -1.17. The van der Waals surface area contributed by atoms with Crippen molar-refractivity contribution in [3.05, 3.63) is 35.9 Å². The molecule has 0 radical (unpaired) electrons. The van der Waals surface area contributed by atoms with Crippen molar-refractivity contribution in [1.29, 1.82) is 0 Å². The van der Waals surface area contributed by atoms with Crippen LogP contribution in [0.2, 0.25) is 0 Å². The Morgan fingerprint density at radius 3 is 2.53 bits per heavy atom. The number of aliphatic carboxylic acids is 1. The van der Waals surface area contributed by atoms with Crippen molar-refractivity contribution >= 4 is 11.9 Å². The molecule has 0 heterocycles. The van der Waals surface area contributed by atoms with Gasteiger partial charge in [-0.1, -0.05) is 18.2 Å². The molecule has 1 amide bonds. The second-order valence-corrected chi connectivity index (χ2v) is 3.71. The van der Waals surface area contributed by atoms with E-state index in [0.717, 1.165) is 0 Å². The minimum absolute atomic E-state index is 0.158. The molecule has 0 fully saturated rings. The van der Waals surface area contributed by atoms with Crippen molar-refractivity contribution < 1.29 is 14.7 Å². The Kier molecular flexibility index (Phi) is 5.16. The van der Waals surface area contributed by atoms with E-state index in [-0.39, 0.29) is 5.91 Å². The Balaban J connectivity index is 2.24. The van der Waals surface area contributed by atoms with Gasteiger partial charge < -0.3 is 16.2 Å². The van der Waals surface area contributed by atoms with Crippen molar-refractivity contribution in [2.75, 3.05) is 6.54 Å². The van der Waals surface area contributed by atoms with Crippen LogP contribution in [0, 0.1) is 0 Å². The van der Waals surface area contributed by atoms with Gasteiger partial charge in [-0.15, -0.1) is 0 Å². The lowest BCUT2D eigenvalue weighted by atomic mass is 10.1. The van der Waals surface area contributed by atoms with Gasteiger partial charge >= 0.3 is 5.97 Å². The van der Waals surface area contributed by atoms with Crippen LogP contribution in [-0.2, 0) is 4.79 Å². The predicted molar refractivity (Wildman–Crippen MR) is 63.6 cm³/mol. The molecule has 1 atom stereocenters. The van der Waals surface area contributed by atoms with Crippen molar-refractivity contribution in [1.82, 2.24) is 5.32 Å². The maximum Gasteiger partial charge on any atom is 0.320 e. The normalized spacial score (nSPS) is 11.8. The Morgan fingerprint density at radius 1 is 1.29 bits per heavy atom. The Bertz CT molecular complexity index is 379. The van der Waals surface area contributed by atoms with Crippen LogP contribution >= 0.6 is 0 Å². The summed E-state index contributed by atoms with van der Waals surface area (Å²) in [6.45, 7) is 0.425. The summed E-state index contributed by atoms with van der Waals surface area (Å²) in [6, 6.07) is 7.99. The van der Waals surface area contributed by atoms with E-state index in [1.165, 1.54) is 0 Å². The number of nitrogens with two attached hydrogens (primary N) is 1. The van der Waals surface area contributed by atoms with Gasteiger partial charge in [-0.25, -0.2) is 0 Å². The summed E-state index contributed by atoms with van der Waals surface area (Å²) in [5.41, 5.74) is 5.92. The number of carboxylic acid groups (broad SMARTS) is 1. The Labute approximate surface area is 99.6 Å². The monoisotopic (exact) mass is 236 g/mol. The number of carboxylic acids is 1. The van der Waals surface area contributed by atoms with Crippen LogP contribution in [0.25, 0.3) is 0 Å². The van der Waals surface area contributed by atoms with Crippen LogP contribution in [0.4, 0.5) is 0 Å². The lowest BCUT2D eigenvalue weighted by Crippen LogP contribution is -2.32. The quantitative estimate of drug-likeness (QED) is 0.631. The molecule has 5 nitrogen and oxygen atoms in total. The molecule has 0 bridgehead atoms.